The molecule has 0 aliphatic heterocycles. The summed E-state index contributed by atoms with van der Waals surface area (Å²) in [6.07, 6.45) is 56.6. The molecule has 9 heteroatoms. The van der Waals surface area contributed by atoms with E-state index in [4.69, 9.17) is 0 Å². The summed E-state index contributed by atoms with van der Waals surface area (Å²) in [4.78, 5) is -0.158. The third-order valence-electron chi connectivity index (χ3n) is 16.1. The molecular formula is C68H110CaO6S2. The van der Waals surface area contributed by atoms with Gasteiger partial charge in [0, 0.05) is 0 Å². The standard InChI is InChI=1S/2C34H56O3S.Ca/c2*1-3-5-7-9-11-13-15-17-19-21-24-30-28-32-26-23-27-34(38(35,36)37)33(32)29-31(30)25-22-20-18-16-14-12-10-8-6-4-2;/h2*23,26-29H,3-22,24-25H2,1-2H3,(H,35,36,37);/q;;+2/p-2. The first-order chi connectivity index (χ1) is 36.9. The van der Waals surface area contributed by atoms with E-state index in [1.54, 1.807) is 12.1 Å². The van der Waals surface area contributed by atoms with Crippen molar-refractivity contribution in [3.05, 3.63) is 82.9 Å². The molecule has 4 aromatic rings. The largest absolute Gasteiger partial charge is 2.00 e. The van der Waals surface area contributed by atoms with E-state index in [0.717, 1.165) is 49.3 Å². The van der Waals surface area contributed by atoms with Crippen LogP contribution in [-0.4, -0.2) is 63.7 Å². The Balaban J connectivity index is 0.000000520. The van der Waals surface area contributed by atoms with Gasteiger partial charge in [0.2, 0.25) is 0 Å². The van der Waals surface area contributed by atoms with Crippen molar-refractivity contribution in [2.45, 2.75) is 320 Å². The van der Waals surface area contributed by atoms with Crippen molar-refractivity contribution >= 4 is 79.5 Å². The minimum absolute atomic E-state index is 0. The van der Waals surface area contributed by atoms with E-state index in [0.29, 0.717) is 10.8 Å². The van der Waals surface area contributed by atoms with Crippen molar-refractivity contribution in [3.8, 4) is 0 Å². The fraction of sp³-hybridized carbons (Fsp3) is 0.706. The number of hydrogen-bond donors (Lipinski definition) is 0. The maximum Gasteiger partial charge on any atom is 2.00 e. The van der Waals surface area contributed by atoms with E-state index in [1.807, 2.05) is 24.3 Å². The molecule has 0 bridgehead atoms. The Kier molecular flexibility index (Phi) is 41.9. The van der Waals surface area contributed by atoms with Crippen LogP contribution in [0.1, 0.15) is 307 Å². The smallest absolute Gasteiger partial charge is 0.744 e. The van der Waals surface area contributed by atoms with Gasteiger partial charge < -0.3 is 9.11 Å². The van der Waals surface area contributed by atoms with Crippen LogP contribution in [0, 0.1) is 0 Å². The fourth-order valence-corrected chi connectivity index (χ4v) is 12.7. The zero-order valence-electron chi connectivity index (χ0n) is 49.9. The summed E-state index contributed by atoms with van der Waals surface area (Å²) in [6.45, 7) is 9.06. The van der Waals surface area contributed by atoms with Crippen molar-refractivity contribution in [1.82, 2.24) is 0 Å². The molecule has 0 amide bonds. The normalized spacial score (nSPS) is 11.8. The second-order valence-corrected chi connectivity index (χ2v) is 25.5. The third-order valence-corrected chi connectivity index (χ3v) is 17.8. The van der Waals surface area contributed by atoms with Crippen molar-refractivity contribution in [3.63, 3.8) is 0 Å². The average Bonchev–Trinajstić information content (AvgIpc) is 3.40. The number of aryl methyl sites for hydroxylation is 4. The van der Waals surface area contributed by atoms with E-state index in [9.17, 15) is 25.9 Å². The molecular weight excluding hydrogens is 1020 g/mol. The Bertz CT molecular complexity index is 2160. The number of rotatable bonds is 46. The summed E-state index contributed by atoms with van der Waals surface area (Å²) >= 11 is 0. The topological polar surface area (TPSA) is 114 Å². The predicted molar refractivity (Wildman–Crippen MR) is 332 cm³/mol. The third kappa shape index (κ3) is 32.1. The predicted octanol–water partition coefficient (Wildman–Crippen LogP) is 21.0. The van der Waals surface area contributed by atoms with Gasteiger partial charge in [-0.1, -0.05) is 295 Å². The van der Waals surface area contributed by atoms with Crippen molar-refractivity contribution < 1.29 is 25.9 Å². The molecule has 6 nitrogen and oxygen atoms in total. The van der Waals surface area contributed by atoms with Gasteiger partial charge in [-0.05, 0) is 119 Å². The first-order valence-corrected chi connectivity index (χ1v) is 34.8. The molecule has 0 saturated carbocycles. The molecule has 77 heavy (non-hydrogen) atoms. The summed E-state index contributed by atoms with van der Waals surface area (Å²) in [5.74, 6) is 0. The summed E-state index contributed by atoms with van der Waals surface area (Å²) in [5, 5.41) is 2.93. The number of fused-ring (bicyclic) bond motifs is 2. The molecule has 0 atom stereocenters. The van der Waals surface area contributed by atoms with Gasteiger partial charge in [0.15, 0.2) is 0 Å². The van der Waals surface area contributed by atoms with Crippen LogP contribution in [0.5, 0.6) is 0 Å². The average molecular weight is 1130 g/mol. The number of unbranched alkanes of at least 4 members (excludes halogenated alkanes) is 36. The summed E-state index contributed by atoms with van der Waals surface area (Å²) < 4.78 is 71.4. The van der Waals surface area contributed by atoms with E-state index < -0.39 is 20.2 Å². The quantitative estimate of drug-likeness (QED) is 0.0247. The zero-order chi connectivity index (χ0) is 55.0. The molecule has 0 aliphatic rings. The van der Waals surface area contributed by atoms with Gasteiger partial charge in [-0.3, -0.25) is 0 Å². The molecule has 0 radical (unpaired) electrons. The Morgan fingerprint density at radius 2 is 0.481 bits per heavy atom. The van der Waals surface area contributed by atoms with Gasteiger partial charge in [0.1, 0.15) is 20.2 Å². The molecule has 4 aromatic carbocycles. The van der Waals surface area contributed by atoms with Gasteiger partial charge in [-0.25, -0.2) is 16.8 Å². The minimum Gasteiger partial charge on any atom is -0.744 e. The summed E-state index contributed by atoms with van der Waals surface area (Å²) in [6, 6.07) is 18.5. The Morgan fingerprint density at radius 1 is 0.286 bits per heavy atom. The summed E-state index contributed by atoms with van der Waals surface area (Å²) in [5.41, 5.74) is 5.16. The summed E-state index contributed by atoms with van der Waals surface area (Å²) in [7, 11) is -8.98. The zero-order valence-corrected chi connectivity index (χ0v) is 53.7. The van der Waals surface area contributed by atoms with Crippen LogP contribution in [0.4, 0.5) is 0 Å². The van der Waals surface area contributed by atoms with Gasteiger partial charge >= 0.3 is 37.7 Å². The van der Waals surface area contributed by atoms with Crippen LogP contribution in [0.25, 0.3) is 21.5 Å². The van der Waals surface area contributed by atoms with Crippen LogP contribution >= 0.6 is 0 Å². The first kappa shape index (κ1) is 71.6. The van der Waals surface area contributed by atoms with Gasteiger partial charge in [0.25, 0.3) is 0 Å². The maximum atomic E-state index is 11.9. The molecule has 0 aromatic heterocycles. The Morgan fingerprint density at radius 3 is 0.688 bits per heavy atom. The SMILES string of the molecule is CCCCCCCCCCCCc1cc2cccc(S(=O)(=O)[O-])c2cc1CCCCCCCCCCCC.CCCCCCCCCCCCc1cc2cccc(S(=O)(=O)[O-])c2cc1CCCCCCCCCCCC.[Ca+2]. The second kappa shape index (κ2) is 45.1. The monoisotopic (exact) mass is 1130 g/mol. The molecule has 432 valence electrons. The van der Waals surface area contributed by atoms with Crippen LogP contribution in [0.15, 0.2) is 70.5 Å². The molecule has 0 unspecified atom stereocenters. The van der Waals surface area contributed by atoms with Crippen LogP contribution in [-0.2, 0) is 45.9 Å². The van der Waals surface area contributed by atoms with E-state index in [-0.39, 0.29) is 47.5 Å². The van der Waals surface area contributed by atoms with Crippen molar-refractivity contribution in [2.24, 2.45) is 0 Å². The molecule has 0 saturated heterocycles. The second-order valence-electron chi connectivity index (χ2n) is 22.8. The van der Waals surface area contributed by atoms with Gasteiger partial charge in [-0.15, -0.1) is 0 Å². The van der Waals surface area contributed by atoms with Gasteiger partial charge in [-0.2, -0.15) is 0 Å². The maximum absolute atomic E-state index is 11.9. The number of hydrogen-bond acceptors (Lipinski definition) is 6. The molecule has 0 spiro atoms. The minimum atomic E-state index is -4.49. The molecule has 0 N–H and O–H groups in total. The Hall–Kier alpha value is -1.52. The van der Waals surface area contributed by atoms with Crippen LogP contribution in [0.3, 0.4) is 0 Å². The van der Waals surface area contributed by atoms with Crippen molar-refractivity contribution in [2.75, 3.05) is 0 Å². The number of benzene rings is 4. The van der Waals surface area contributed by atoms with Gasteiger partial charge in [0.05, 0.1) is 9.79 Å². The van der Waals surface area contributed by atoms with Crippen LogP contribution in [0.2, 0.25) is 0 Å². The first-order valence-electron chi connectivity index (χ1n) is 31.9. The van der Waals surface area contributed by atoms with E-state index in [2.05, 4.69) is 39.8 Å². The molecule has 4 rings (SSSR count). The van der Waals surface area contributed by atoms with Crippen LogP contribution < -0.4 is 0 Å². The fourth-order valence-electron chi connectivity index (χ4n) is 11.4. The van der Waals surface area contributed by atoms with E-state index in [1.165, 1.54) is 278 Å². The van der Waals surface area contributed by atoms with Crippen molar-refractivity contribution in [1.29, 1.82) is 0 Å². The van der Waals surface area contributed by atoms with E-state index >= 15 is 0 Å². The molecule has 0 fully saturated rings. The Labute approximate surface area is 504 Å². The molecule has 0 aliphatic carbocycles. The molecule has 0 heterocycles.